The summed E-state index contributed by atoms with van der Waals surface area (Å²) >= 11 is 0. The predicted octanol–water partition coefficient (Wildman–Crippen LogP) is 5.31. The Kier molecular flexibility index (Phi) is 8.34. The SMILES string of the molecule is CCCC(=CC=Cc1ccccc1)C(=CC=Cc1ccccc1)C(N)N. The van der Waals surface area contributed by atoms with E-state index in [4.69, 9.17) is 11.5 Å². The van der Waals surface area contributed by atoms with Crippen LogP contribution in [0.4, 0.5) is 0 Å². The Bertz CT molecular complexity index is 766. The van der Waals surface area contributed by atoms with E-state index in [1.807, 2.05) is 48.6 Å². The molecule has 26 heavy (non-hydrogen) atoms. The van der Waals surface area contributed by atoms with Gasteiger partial charge in [-0.25, -0.2) is 0 Å². The van der Waals surface area contributed by atoms with Crippen LogP contribution in [0.2, 0.25) is 0 Å². The summed E-state index contributed by atoms with van der Waals surface area (Å²) in [4.78, 5) is 0. The second-order valence-corrected chi connectivity index (χ2v) is 6.13. The standard InChI is InChI=1S/C24H28N2/c1-2-11-22(18-9-16-20-12-5-3-6-13-20)23(24(25)26)19-10-17-21-14-7-4-8-15-21/h3-10,12-19,24H,2,11,25-26H2,1H3. The van der Waals surface area contributed by atoms with Crippen molar-refractivity contribution in [2.45, 2.75) is 25.9 Å². The highest BCUT2D eigenvalue weighted by Crippen LogP contribution is 2.18. The van der Waals surface area contributed by atoms with Gasteiger partial charge in [0.05, 0.1) is 6.17 Å². The van der Waals surface area contributed by atoms with Crippen molar-refractivity contribution < 1.29 is 0 Å². The Hall–Kier alpha value is -2.68. The van der Waals surface area contributed by atoms with Gasteiger partial charge in [0.25, 0.3) is 0 Å². The van der Waals surface area contributed by atoms with E-state index in [0.29, 0.717) is 0 Å². The summed E-state index contributed by atoms with van der Waals surface area (Å²) in [7, 11) is 0. The number of allylic oxidation sites excluding steroid dienone is 4. The largest absolute Gasteiger partial charge is 0.312 e. The first kappa shape index (κ1) is 19.6. The van der Waals surface area contributed by atoms with E-state index in [1.54, 1.807) is 0 Å². The van der Waals surface area contributed by atoms with Crippen LogP contribution in [0.3, 0.4) is 0 Å². The van der Waals surface area contributed by atoms with Crippen LogP contribution in [-0.4, -0.2) is 6.17 Å². The summed E-state index contributed by atoms with van der Waals surface area (Å²) in [5, 5.41) is 0. The Morgan fingerprint density at radius 2 is 1.31 bits per heavy atom. The Labute approximate surface area is 157 Å². The molecule has 134 valence electrons. The summed E-state index contributed by atoms with van der Waals surface area (Å²) in [6.45, 7) is 2.16. The minimum absolute atomic E-state index is 0.502. The van der Waals surface area contributed by atoms with E-state index >= 15 is 0 Å². The van der Waals surface area contributed by atoms with E-state index in [2.05, 4.69) is 55.5 Å². The Morgan fingerprint density at radius 1 is 0.808 bits per heavy atom. The third kappa shape index (κ3) is 6.67. The summed E-state index contributed by atoms with van der Waals surface area (Å²) in [5.74, 6) is 0. The molecule has 2 aromatic carbocycles. The van der Waals surface area contributed by atoms with Crippen LogP contribution in [0.1, 0.15) is 30.9 Å². The van der Waals surface area contributed by atoms with E-state index in [0.717, 1.165) is 24.0 Å². The fourth-order valence-electron chi connectivity index (χ4n) is 2.69. The summed E-state index contributed by atoms with van der Waals surface area (Å²) in [5.41, 5.74) is 16.5. The van der Waals surface area contributed by atoms with Crippen molar-refractivity contribution in [2.24, 2.45) is 11.5 Å². The van der Waals surface area contributed by atoms with E-state index in [-0.39, 0.29) is 0 Å². The molecule has 0 saturated heterocycles. The van der Waals surface area contributed by atoms with Gasteiger partial charge in [0, 0.05) is 0 Å². The molecule has 0 spiro atoms. The lowest BCUT2D eigenvalue weighted by molar-refractivity contribution is 0.794. The minimum Gasteiger partial charge on any atom is -0.312 e. The first-order valence-electron chi connectivity index (χ1n) is 9.08. The van der Waals surface area contributed by atoms with E-state index in [1.165, 1.54) is 11.1 Å². The molecule has 0 aliphatic rings. The van der Waals surface area contributed by atoms with Crippen LogP contribution < -0.4 is 11.5 Å². The number of rotatable bonds is 8. The molecule has 2 heteroatoms. The quantitative estimate of drug-likeness (QED) is 0.503. The summed E-state index contributed by atoms with van der Waals surface area (Å²) in [6, 6.07) is 20.4. The number of nitrogens with two attached hydrogens (primary N) is 2. The Balaban J connectivity index is 2.21. The van der Waals surface area contributed by atoms with E-state index in [9.17, 15) is 0 Å². The molecule has 2 nitrogen and oxygen atoms in total. The molecule has 0 bridgehead atoms. The highest BCUT2D eigenvalue weighted by molar-refractivity contribution is 5.54. The van der Waals surface area contributed by atoms with Crippen molar-refractivity contribution >= 4 is 12.2 Å². The van der Waals surface area contributed by atoms with Gasteiger partial charge in [-0.15, -0.1) is 0 Å². The first-order chi connectivity index (χ1) is 12.7. The lowest BCUT2D eigenvalue weighted by atomic mass is 9.98. The smallest absolute Gasteiger partial charge is 0.0787 e. The van der Waals surface area contributed by atoms with Crippen molar-refractivity contribution in [3.8, 4) is 0 Å². The molecule has 0 unspecified atom stereocenters. The molecule has 0 aliphatic heterocycles. The number of hydrogen-bond acceptors (Lipinski definition) is 2. The topological polar surface area (TPSA) is 52.0 Å². The lowest BCUT2D eigenvalue weighted by Gasteiger charge is -2.14. The lowest BCUT2D eigenvalue weighted by Crippen LogP contribution is -2.33. The molecule has 0 amide bonds. The van der Waals surface area contributed by atoms with E-state index < -0.39 is 6.17 Å². The van der Waals surface area contributed by atoms with Gasteiger partial charge in [0.2, 0.25) is 0 Å². The van der Waals surface area contributed by atoms with Gasteiger partial charge < -0.3 is 11.5 Å². The molecule has 4 N–H and O–H groups in total. The zero-order valence-electron chi connectivity index (χ0n) is 15.4. The zero-order chi connectivity index (χ0) is 18.6. The molecule has 0 heterocycles. The fraction of sp³-hybridized carbons (Fsp3) is 0.167. The second-order valence-electron chi connectivity index (χ2n) is 6.13. The maximum Gasteiger partial charge on any atom is 0.0787 e. The molecule has 0 fully saturated rings. The highest BCUT2D eigenvalue weighted by Gasteiger charge is 2.08. The Morgan fingerprint density at radius 3 is 1.77 bits per heavy atom. The zero-order valence-corrected chi connectivity index (χ0v) is 15.4. The van der Waals surface area contributed by atoms with Crippen molar-refractivity contribution in [2.75, 3.05) is 0 Å². The van der Waals surface area contributed by atoms with Crippen LogP contribution in [0.25, 0.3) is 12.2 Å². The van der Waals surface area contributed by atoms with Gasteiger partial charge in [-0.2, -0.15) is 0 Å². The maximum atomic E-state index is 6.04. The first-order valence-corrected chi connectivity index (χ1v) is 9.08. The maximum absolute atomic E-state index is 6.04. The monoisotopic (exact) mass is 344 g/mol. The average molecular weight is 345 g/mol. The summed E-state index contributed by atoms with van der Waals surface area (Å²) < 4.78 is 0. The van der Waals surface area contributed by atoms with Crippen LogP contribution in [0.15, 0.2) is 96.1 Å². The highest BCUT2D eigenvalue weighted by atomic mass is 14.9. The normalized spacial score (nSPS) is 13.2. The fourth-order valence-corrected chi connectivity index (χ4v) is 2.69. The molecule has 0 saturated carbocycles. The average Bonchev–Trinajstić information content (AvgIpc) is 2.66. The molecule has 2 aromatic rings. The number of hydrogen-bond donors (Lipinski definition) is 2. The third-order valence-electron chi connectivity index (χ3n) is 4.00. The van der Waals surface area contributed by atoms with Crippen LogP contribution >= 0.6 is 0 Å². The van der Waals surface area contributed by atoms with Crippen molar-refractivity contribution in [1.29, 1.82) is 0 Å². The van der Waals surface area contributed by atoms with Crippen LogP contribution in [0, 0.1) is 0 Å². The van der Waals surface area contributed by atoms with Crippen LogP contribution in [-0.2, 0) is 0 Å². The van der Waals surface area contributed by atoms with Crippen molar-refractivity contribution in [3.05, 3.63) is 107 Å². The minimum atomic E-state index is -0.502. The van der Waals surface area contributed by atoms with Gasteiger partial charge in [0.15, 0.2) is 0 Å². The van der Waals surface area contributed by atoms with Crippen LogP contribution in [0.5, 0.6) is 0 Å². The molecule has 2 rings (SSSR count). The van der Waals surface area contributed by atoms with Gasteiger partial charge in [-0.05, 0) is 28.7 Å². The third-order valence-corrected chi connectivity index (χ3v) is 4.00. The molecule has 0 aliphatic carbocycles. The number of benzene rings is 2. The molecule has 0 atom stereocenters. The van der Waals surface area contributed by atoms with Crippen molar-refractivity contribution in [1.82, 2.24) is 0 Å². The van der Waals surface area contributed by atoms with Gasteiger partial charge >= 0.3 is 0 Å². The summed E-state index contributed by atoms with van der Waals surface area (Å²) in [6.07, 6.45) is 13.9. The van der Waals surface area contributed by atoms with Gasteiger partial charge in [-0.1, -0.05) is 110 Å². The molecular weight excluding hydrogens is 316 g/mol. The molecular formula is C24H28N2. The van der Waals surface area contributed by atoms with Crippen molar-refractivity contribution in [3.63, 3.8) is 0 Å². The predicted molar refractivity (Wildman–Crippen MR) is 114 cm³/mol. The second kappa shape index (κ2) is 11.0. The molecule has 0 radical (unpaired) electrons. The van der Waals surface area contributed by atoms with Gasteiger partial charge in [0.1, 0.15) is 0 Å². The molecule has 0 aromatic heterocycles. The van der Waals surface area contributed by atoms with Gasteiger partial charge in [-0.3, -0.25) is 0 Å².